The molecule has 0 aromatic heterocycles. The minimum absolute atomic E-state index is 0.0157. The first-order chi connectivity index (χ1) is 18.6. The number of nitrogens with one attached hydrogen (secondary N) is 1. The maximum absolute atomic E-state index is 13.9. The van der Waals surface area contributed by atoms with Crippen molar-refractivity contribution in [1.82, 2.24) is 10.2 Å². The highest BCUT2D eigenvalue weighted by molar-refractivity contribution is 7.92. The van der Waals surface area contributed by atoms with Crippen LogP contribution in [0.1, 0.15) is 31.4 Å². The standard InChI is InChI=1S/C29H34ClN3O5S/c1-5-27(29(35)31-4)32(19-22-9-11-23(30)12-10-22)28(34)20-33(24-13-7-21(3)8-14-24)39(36,37)26-17-15-25(16-18-26)38-6-2/h7-18,27H,5-6,19-20H2,1-4H3,(H,31,35)/t27-/m0/s1. The Morgan fingerprint density at radius 1 is 0.949 bits per heavy atom. The van der Waals surface area contributed by atoms with E-state index in [0.717, 1.165) is 15.4 Å². The molecule has 8 nitrogen and oxygen atoms in total. The van der Waals surface area contributed by atoms with Gasteiger partial charge in [0.1, 0.15) is 18.3 Å². The van der Waals surface area contributed by atoms with Crippen LogP contribution >= 0.6 is 11.6 Å². The van der Waals surface area contributed by atoms with Gasteiger partial charge in [0.15, 0.2) is 0 Å². The first kappa shape index (κ1) is 30.0. The van der Waals surface area contributed by atoms with Gasteiger partial charge in [-0.2, -0.15) is 0 Å². The molecule has 10 heteroatoms. The van der Waals surface area contributed by atoms with Gasteiger partial charge in [0.2, 0.25) is 11.8 Å². The molecular weight excluding hydrogens is 538 g/mol. The van der Waals surface area contributed by atoms with Crippen molar-refractivity contribution in [2.45, 2.75) is 44.7 Å². The first-order valence-electron chi connectivity index (χ1n) is 12.7. The number of halogens is 1. The lowest BCUT2D eigenvalue weighted by Crippen LogP contribution is -2.51. The summed E-state index contributed by atoms with van der Waals surface area (Å²) >= 11 is 6.03. The van der Waals surface area contributed by atoms with Crippen LogP contribution in [-0.2, 0) is 26.2 Å². The Kier molecular flexibility index (Phi) is 10.4. The van der Waals surface area contributed by atoms with Crippen LogP contribution < -0.4 is 14.4 Å². The Bertz CT molecular complexity index is 1360. The number of carbonyl (C=O) groups is 2. The van der Waals surface area contributed by atoms with Gasteiger partial charge in [0.05, 0.1) is 17.2 Å². The van der Waals surface area contributed by atoms with E-state index in [0.29, 0.717) is 29.5 Å². The molecule has 0 saturated heterocycles. The van der Waals surface area contributed by atoms with E-state index < -0.39 is 28.5 Å². The quantitative estimate of drug-likeness (QED) is 0.337. The van der Waals surface area contributed by atoms with Crippen LogP contribution in [0.5, 0.6) is 5.75 Å². The summed E-state index contributed by atoms with van der Waals surface area (Å²) < 4.78 is 34.3. The molecule has 3 aromatic carbocycles. The van der Waals surface area contributed by atoms with Crippen molar-refractivity contribution < 1.29 is 22.7 Å². The van der Waals surface area contributed by atoms with Crippen molar-refractivity contribution in [2.75, 3.05) is 24.5 Å². The van der Waals surface area contributed by atoms with Crippen LogP contribution in [0, 0.1) is 6.92 Å². The molecule has 3 rings (SSSR count). The van der Waals surface area contributed by atoms with Gasteiger partial charge in [-0.15, -0.1) is 0 Å². The van der Waals surface area contributed by atoms with E-state index in [-0.39, 0.29) is 17.3 Å². The second-order valence-electron chi connectivity index (χ2n) is 8.94. The fraction of sp³-hybridized carbons (Fsp3) is 0.310. The average molecular weight is 572 g/mol. The zero-order chi connectivity index (χ0) is 28.6. The van der Waals surface area contributed by atoms with Crippen molar-refractivity contribution in [2.24, 2.45) is 0 Å². The van der Waals surface area contributed by atoms with Gasteiger partial charge >= 0.3 is 0 Å². The van der Waals surface area contributed by atoms with Crippen molar-refractivity contribution in [1.29, 1.82) is 0 Å². The van der Waals surface area contributed by atoms with Crippen LogP contribution in [0.4, 0.5) is 5.69 Å². The number of anilines is 1. The zero-order valence-corrected chi connectivity index (χ0v) is 24.1. The summed E-state index contributed by atoms with van der Waals surface area (Å²) in [5.41, 5.74) is 2.03. The molecule has 39 heavy (non-hydrogen) atoms. The highest BCUT2D eigenvalue weighted by atomic mass is 35.5. The summed E-state index contributed by atoms with van der Waals surface area (Å²) in [5.74, 6) is -0.313. The molecule has 0 unspecified atom stereocenters. The van der Waals surface area contributed by atoms with Gasteiger partial charge < -0.3 is 15.0 Å². The molecule has 0 spiro atoms. The van der Waals surface area contributed by atoms with Crippen LogP contribution in [0.25, 0.3) is 0 Å². The number of likely N-dealkylation sites (N-methyl/N-ethyl adjacent to an activating group) is 1. The fourth-order valence-corrected chi connectivity index (χ4v) is 5.65. The third kappa shape index (κ3) is 7.52. The number of sulfonamides is 1. The Hall–Kier alpha value is -3.56. The molecule has 0 bridgehead atoms. The summed E-state index contributed by atoms with van der Waals surface area (Å²) in [6, 6.07) is 19.1. The van der Waals surface area contributed by atoms with Gasteiger partial charge in [0, 0.05) is 18.6 Å². The largest absolute Gasteiger partial charge is 0.494 e. The molecule has 1 atom stereocenters. The Morgan fingerprint density at radius 2 is 1.56 bits per heavy atom. The Balaban J connectivity index is 2.03. The van der Waals surface area contributed by atoms with Crippen molar-refractivity contribution in [3.63, 3.8) is 0 Å². The molecule has 0 radical (unpaired) electrons. The normalized spacial score (nSPS) is 11.9. The highest BCUT2D eigenvalue weighted by Crippen LogP contribution is 2.26. The molecule has 0 fully saturated rings. The van der Waals surface area contributed by atoms with Gasteiger partial charge in [-0.25, -0.2) is 8.42 Å². The van der Waals surface area contributed by atoms with Crippen molar-refractivity contribution in [3.8, 4) is 5.75 Å². The third-order valence-corrected chi connectivity index (χ3v) is 8.26. The number of rotatable bonds is 12. The second kappa shape index (κ2) is 13.5. The Morgan fingerprint density at radius 3 is 2.10 bits per heavy atom. The van der Waals surface area contributed by atoms with Crippen LogP contribution in [0.3, 0.4) is 0 Å². The van der Waals surface area contributed by atoms with E-state index in [1.54, 1.807) is 67.6 Å². The van der Waals surface area contributed by atoms with Crippen molar-refractivity contribution >= 4 is 39.1 Å². The van der Waals surface area contributed by atoms with Crippen LogP contribution in [0.15, 0.2) is 77.7 Å². The molecule has 0 aliphatic heterocycles. The molecule has 208 valence electrons. The molecule has 2 amide bonds. The highest BCUT2D eigenvalue weighted by Gasteiger charge is 2.33. The molecule has 0 heterocycles. The molecule has 0 aliphatic carbocycles. The monoisotopic (exact) mass is 571 g/mol. The smallest absolute Gasteiger partial charge is 0.264 e. The van der Waals surface area contributed by atoms with E-state index >= 15 is 0 Å². The number of amides is 2. The second-order valence-corrected chi connectivity index (χ2v) is 11.2. The maximum atomic E-state index is 13.9. The van der Waals surface area contributed by atoms with Crippen molar-refractivity contribution in [3.05, 3.63) is 88.9 Å². The lowest BCUT2D eigenvalue weighted by Gasteiger charge is -2.33. The molecule has 0 aliphatic rings. The zero-order valence-electron chi connectivity index (χ0n) is 22.6. The third-order valence-electron chi connectivity index (χ3n) is 6.22. The number of hydrogen-bond donors (Lipinski definition) is 1. The van der Waals surface area contributed by atoms with E-state index in [1.165, 1.54) is 24.1 Å². The molecule has 3 aromatic rings. The molecule has 0 saturated carbocycles. The summed E-state index contributed by atoms with van der Waals surface area (Å²) in [5, 5.41) is 3.15. The van der Waals surface area contributed by atoms with E-state index in [9.17, 15) is 18.0 Å². The number of hydrogen-bond acceptors (Lipinski definition) is 5. The van der Waals surface area contributed by atoms with Gasteiger partial charge in [-0.1, -0.05) is 48.4 Å². The summed E-state index contributed by atoms with van der Waals surface area (Å²) in [6.07, 6.45) is 0.342. The number of carbonyl (C=O) groups excluding carboxylic acids is 2. The SMILES string of the molecule is CCOc1ccc(S(=O)(=O)N(CC(=O)N(Cc2ccc(Cl)cc2)[C@@H](CC)C(=O)NC)c2ccc(C)cc2)cc1. The van der Waals surface area contributed by atoms with E-state index in [4.69, 9.17) is 16.3 Å². The van der Waals surface area contributed by atoms with Crippen LogP contribution in [0.2, 0.25) is 5.02 Å². The fourth-order valence-electron chi connectivity index (χ4n) is 4.11. The minimum Gasteiger partial charge on any atom is -0.494 e. The lowest BCUT2D eigenvalue weighted by atomic mass is 10.1. The van der Waals surface area contributed by atoms with Gasteiger partial charge in [-0.05, 0) is 74.4 Å². The molecular formula is C29H34ClN3O5S. The minimum atomic E-state index is -4.15. The van der Waals surface area contributed by atoms with Gasteiger partial charge in [0.25, 0.3) is 10.0 Å². The number of nitrogens with zero attached hydrogens (tertiary/aromatic N) is 2. The summed E-state index contributed by atoms with van der Waals surface area (Å²) in [6.45, 7) is 5.59. The lowest BCUT2D eigenvalue weighted by molar-refractivity contribution is -0.140. The van der Waals surface area contributed by atoms with Crippen LogP contribution in [-0.4, -0.2) is 51.4 Å². The predicted octanol–water partition coefficient (Wildman–Crippen LogP) is 4.80. The first-order valence-corrected chi connectivity index (χ1v) is 14.5. The van der Waals surface area contributed by atoms with Gasteiger partial charge in [-0.3, -0.25) is 13.9 Å². The van der Waals surface area contributed by atoms with E-state index in [1.807, 2.05) is 13.8 Å². The average Bonchev–Trinajstić information content (AvgIpc) is 2.93. The molecule has 1 N–H and O–H groups in total. The number of ether oxygens (including phenoxy) is 1. The predicted molar refractivity (Wildman–Crippen MR) is 153 cm³/mol. The topological polar surface area (TPSA) is 96.0 Å². The maximum Gasteiger partial charge on any atom is 0.264 e. The number of benzene rings is 3. The number of aryl methyl sites for hydroxylation is 1. The summed E-state index contributed by atoms with van der Waals surface area (Å²) in [7, 11) is -2.65. The summed E-state index contributed by atoms with van der Waals surface area (Å²) in [4.78, 5) is 28.1. The van der Waals surface area contributed by atoms with E-state index in [2.05, 4.69) is 5.32 Å². The Labute approximate surface area is 235 Å².